The highest BCUT2D eigenvalue weighted by Crippen LogP contribution is 2.16. The van der Waals surface area contributed by atoms with Crippen LogP contribution in [0.1, 0.15) is 12.5 Å². The number of imidazole rings is 1. The monoisotopic (exact) mass is 352 g/mol. The van der Waals surface area contributed by atoms with Gasteiger partial charge < -0.3 is 15.0 Å². The summed E-state index contributed by atoms with van der Waals surface area (Å²) in [5.74, 6) is 0.415. The third kappa shape index (κ3) is 4.18. The Balaban J connectivity index is 1.77. The van der Waals surface area contributed by atoms with Crippen LogP contribution in [0.25, 0.3) is 11.0 Å². The van der Waals surface area contributed by atoms with Crippen LogP contribution in [-0.2, 0) is 16.0 Å². The fraction of sp³-hybridized carbons (Fsp3) is 0.211. The molecule has 3 rings (SSSR count). The van der Waals surface area contributed by atoms with Crippen LogP contribution in [0.3, 0.4) is 0 Å². The van der Waals surface area contributed by atoms with Crippen molar-refractivity contribution in [1.29, 1.82) is 0 Å². The topological polar surface area (TPSA) is 96.1 Å². The van der Waals surface area contributed by atoms with Crippen LogP contribution in [0.15, 0.2) is 48.5 Å². The van der Waals surface area contributed by atoms with Gasteiger partial charge in [0.1, 0.15) is 11.8 Å². The van der Waals surface area contributed by atoms with E-state index in [0.717, 1.165) is 16.6 Å². The summed E-state index contributed by atoms with van der Waals surface area (Å²) in [6, 6.07) is 14.1. The average Bonchev–Trinajstić information content (AvgIpc) is 3.03. The van der Waals surface area contributed by atoms with Crippen molar-refractivity contribution in [3.8, 4) is 5.75 Å². The summed E-state index contributed by atoms with van der Waals surface area (Å²) in [6.45, 7) is 1.38. The standard InChI is InChI=1S/C19H20N4O3/c1-12(24)20-17(11-13-6-5-7-14(10-13)26-2)18(25)23-19-21-15-8-3-4-9-16(15)22-19/h3-10,17H,11H2,1-2H3,(H,20,24)(H2,21,22,23,25)/t17-/m0/s1. The lowest BCUT2D eigenvalue weighted by Gasteiger charge is -2.17. The van der Waals surface area contributed by atoms with Gasteiger partial charge in [0.25, 0.3) is 0 Å². The number of nitrogens with zero attached hydrogens (tertiary/aromatic N) is 1. The van der Waals surface area contributed by atoms with E-state index in [1.54, 1.807) is 7.11 Å². The molecule has 0 spiro atoms. The molecule has 7 nitrogen and oxygen atoms in total. The van der Waals surface area contributed by atoms with Crippen molar-refractivity contribution in [1.82, 2.24) is 15.3 Å². The second-order valence-corrected chi connectivity index (χ2v) is 5.90. The van der Waals surface area contributed by atoms with Gasteiger partial charge in [0.2, 0.25) is 17.8 Å². The zero-order valence-corrected chi connectivity index (χ0v) is 14.6. The summed E-state index contributed by atoms with van der Waals surface area (Å²) in [5, 5.41) is 5.42. The van der Waals surface area contributed by atoms with Crippen molar-refractivity contribution in [2.24, 2.45) is 0 Å². The summed E-state index contributed by atoms with van der Waals surface area (Å²) in [7, 11) is 1.58. The van der Waals surface area contributed by atoms with Crippen molar-refractivity contribution in [3.63, 3.8) is 0 Å². The third-order valence-corrected chi connectivity index (χ3v) is 3.90. The average molecular weight is 352 g/mol. The number of hydrogen-bond acceptors (Lipinski definition) is 4. The number of para-hydroxylation sites is 2. The van der Waals surface area contributed by atoms with Gasteiger partial charge in [0.05, 0.1) is 18.1 Å². The van der Waals surface area contributed by atoms with E-state index in [9.17, 15) is 9.59 Å². The van der Waals surface area contributed by atoms with Gasteiger partial charge in [-0.2, -0.15) is 0 Å². The lowest BCUT2D eigenvalue weighted by atomic mass is 10.0. The molecule has 0 saturated carbocycles. The number of ether oxygens (including phenoxy) is 1. The number of carbonyl (C=O) groups is 2. The molecular weight excluding hydrogens is 332 g/mol. The van der Waals surface area contributed by atoms with Gasteiger partial charge in [-0.25, -0.2) is 4.98 Å². The lowest BCUT2D eigenvalue weighted by Crippen LogP contribution is -2.44. The van der Waals surface area contributed by atoms with Crippen molar-refractivity contribution in [2.75, 3.05) is 12.4 Å². The van der Waals surface area contributed by atoms with Crippen molar-refractivity contribution in [2.45, 2.75) is 19.4 Å². The number of benzene rings is 2. The highest BCUT2D eigenvalue weighted by Gasteiger charge is 2.21. The molecule has 1 aromatic heterocycles. The normalized spacial score (nSPS) is 11.8. The number of rotatable bonds is 6. The van der Waals surface area contributed by atoms with E-state index in [4.69, 9.17) is 4.74 Å². The third-order valence-electron chi connectivity index (χ3n) is 3.90. The molecule has 0 radical (unpaired) electrons. The quantitative estimate of drug-likeness (QED) is 0.634. The van der Waals surface area contributed by atoms with Crippen LogP contribution in [0.4, 0.5) is 5.95 Å². The number of aromatic nitrogens is 2. The second-order valence-electron chi connectivity index (χ2n) is 5.90. The number of carbonyl (C=O) groups excluding carboxylic acids is 2. The van der Waals surface area contributed by atoms with E-state index in [0.29, 0.717) is 18.1 Å². The molecule has 0 fully saturated rings. The first-order valence-corrected chi connectivity index (χ1v) is 8.21. The lowest BCUT2D eigenvalue weighted by molar-refractivity contribution is -0.125. The van der Waals surface area contributed by atoms with E-state index in [2.05, 4.69) is 20.6 Å². The molecule has 0 saturated heterocycles. The van der Waals surface area contributed by atoms with Crippen LogP contribution in [0.2, 0.25) is 0 Å². The zero-order chi connectivity index (χ0) is 18.5. The zero-order valence-electron chi connectivity index (χ0n) is 14.6. The van der Waals surface area contributed by atoms with Crippen LogP contribution in [0, 0.1) is 0 Å². The Kier molecular flexibility index (Phi) is 5.17. The highest BCUT2D eigenvalue weighted by atomic mass is 16.5. The number of aromatic amines is 1. The molecule has 3 N–H and O–H groups in total. The maximum atomic E-state index is 12.7. The van der Waals surface area contributed by atoms with E-state index in [-0.39, 0.29) is 11.8 Å². The van der Waals surface area contributed by atoms with Crippen LogP contribution < -0.4 is 15.4 Å². The van der Waals surface area contributed by atoms with Gasteiger partial charge in [0.15, 0.2) is 0 Å². The summed E-state index contributed by atoms with van der Waals surface area (Å²) in [4.78, 5) is 31.6. The van der Waals surface area contributed by atoms with Gasteiger partial charge in [-0.3, -0.25) is 14.9 Å². The van der Waals surface area contributed by atoms with Gasteiger partial charge in [-0.15, -0.1) is 0 Å². The first-order valence-electron chi connectivity index (χ1n) is 8.21. The first kappa shape index (κ1) is 17.5. The van der Waals surface area contributed by atoms with E-state index >= 15 is 0 Å². The molecule has 0 unspecified atom stereocenters. The maximum Gasteiger partial charge on any atom is 0.249 e. The molecule has 0 aliphatic heterocycles. The fourth-order valence-electron chi connectivity index (χ4n) is 2.71. The Labute approximate surface area is 150 Å². The molecule has 2 amide bonds. The summed E-state index contributed by atoms with van der Waals surface area (Å²) < 4.78 is 5.20. The molecule has 26 heavy (non-hydrogen) atoms. The van der Waals surface area contributed by atoms with Crippen molar-refractivity contribution in [3.05, 3.63) is 54.1 Å². The Bertz CT molecular complexity index is 902. The predicted octanol–water partition coefficient (Wildman–Crippen LogP) is 2.26. The molecule has 3 aromatic rings. The molecule has 0 bridgehead atoms. The smallest absolute Gasteiger partial charge is 0.249 e. The van der Waals surface area contributed by atoms with Crippen LogP contribution in [-0.4, -0.2) is 34.9 Å². The Hall–Kier alpha value is -3.35. The largest absolute Gasteiger partial charge is 0.497 e. The highest BCUT2D eigenvalue weighted by molar-refractivity contribution is 5.97. The number of hydrogen-bond donors (Lipinski definition) is 3. The second kappa shape index (κ2) is 7.69. The molecular formula is C19H20N4O3. The minimum atomic E-state index is -0.729. The predicted molar refractivity (Wildman–Crippen MR) is 99.0 cm³/mol. The van der Waals surface area contributed by atoms with Crippen molar-refractivity contribution >= 4 is 28.8 Å². The van der Waals surface area contributed by atoms with Gasteiger partial charge in [0, 0.05) is 13.3 Å². The fourth-order valence-corrected chi connectivity index (χ4v) is 2.71. The van der Waals surface area contributed by atoms with E-state index in [1.807, 2.05) is 48.5 Å². The number of fused-ring (bicyclic) bond motifs is 1. The SMILES string of the molecule is COc1cccc(C[C@H](NC(C)=O)C(=O)Nc2nc3ccccc3[nH]2)c1. The molecule has 2 aromatic carbocycles. The maximum absolute atomic E-state index is 12.7. The van der Waals surface area contributed by atoms with E-state index in [1.165, 1.54) is 6.92 Å². The molecule has 1 atom stereocenters. The van der Waals surface area contributed by atoms with Gasteiger partial charge >= 0.3 is 0 Å². The van der Waals surface area contributed by atoms with Crippen LogP contribution in [0.5, 0.6) is 5.75 Å². The summed E-state index contributed by atoms with van der Waals surface area (Å²) in [5.41, 5.74) is 2.46. The summed E-state index contributed by atoms with van der Waals surface area (Å²) in [6.07, 6.45) is 0.336. The molecule has 0 aliphatic rings. The first-order chi connectivity index (χ1) is 12.5. The van der Waals surface area contributed by atoms with E-state index < -0.39 is 6.04 Å². The number of amides is 2. The van der Waals surface area contributed by atoms with Gasteiger partial charge in [-0.05, 0) is 29.8 Å². The Morgan fingerprint density at radius 3 is 2.73 bits per heavy atom. The molecule has 134 valence electrons. The Morgan fingerprint density at radius 2 is 2.00 bits per heavy atom. The minimum Gasteiger partial charge on any atom is -0.497 e. The molecule has 7 heteroatoms. The number of H-pyrrole nitrogens is 1. The molecule has 1 heterocycles. The number of methoxy groups -OCH3 is 1. The van der Waals surface area contributed by atoms with Gasteiger partial charge in [-0.1, -0.05) is 24.3 Å². The number of anilines is 1. The van der Waals surface area contributed by atoms with Crippen molar-refractivity contribution < 1.29 is 14.3 Å². The number of nitrogens with one attached hydrogen (secondary N) is 3. The Morgan fingerprint density at radius 1 is 1.19 bits per heavy atom. The van der Waals surface area contributed by atoms with Crippen LogP contribution >= 0.6 is 0 Å². The minimum absolute atomic E-state index is 0.280. The summed E-state index contributed by atoms with van der Waals surface area (Å²) >= 11 is 0. The molecule has 0 aliphatic carbocycles.